The molecule has 0 spiro atoms. The maximum atomic E-state index is 14.2. The Morgan fingerprint density at radius 1 is 0.951 bits per heavy atom. The van der Waals surface area contributed by atoms with Gasteiger partial charge in [0.05, 0.1) is 5.92 Å². The maximum Gasteiger partial charge on any atom is 0.242 e. The predicted molar refractivity (Wildman–Crippen MR) is 158 cm³/mol. The van der Waals surface area contributed by atoms with Gasteiger partial charge in [0.1, 0.15) is 17.7 Å². The van der Waals surface area contributed by atoms with Crippen LogP contribution in [-0.4, -0.2) is 54.2 Å². The molecule has 0 radical (unpaired) electrons. The summed E-state index contributed by atoms with van der Waals surface area (Å²) in [5.74, 6) is -1.26. The van der Waals surface area contributed by atoms with Gasteiger partial charge in [-0.15, -0.1) is 0 Å². The number of rotatable bonds is 10. The van der Waals surface area contributed by atoms with Crippen molar-refractivity contribution in [1.29, 1.82) is 10.8 Å². The van der Waals surface area contributed by atoms with Crippen LogP contribution in [0.3, 0.4) is 0 Å². The molecule has 41 heavy (non-hydrogen) atoms. The third-order valence-corrected chi connectivity index (χ3v) is 8.49. The zero-order valence-electron chi connectivity index (χ0n) is 23.5. The minimum Gasteiger partial charge on any atom is -0.384 e. The summed E-state index contributed by atoms with van der Waals surface area (Å²) < 4.78 is 14.2. The third kappa shape index (κ3) is 8.28. The van der Waals surface area contributed by atoms with Gasteiger partial charge in [0, 0.05) is 25.2 Å². The molecule has 10 heteroatoms. The summed E-state index contributed by atoms with van der Waals surface area (Å²) in [6, 6.07) is 12.5. The van der Waals surface area contributed by atoms with Crippen molar-refractivity contribution in [2.75, 3.05) is 19.6 Å². The lowest BCUT2D eigenvalue weighted by Gasteiger charge is -2.34. The second-order valence-electron chi connectivity index (χ2n) is 11.4. The molecule has 2 aromatic carbocycles. The lowest BCUT2D eigenvalue weighted by Crippen LogP contribution is -2.53. The minimum atomic E-state index is -0.705. The molecule has 1 heterocycles. The molecule has 1 unspecified atom stereocenters. The smallest absolute Gasteiger partial charge is 0.242 e. The molecule has 4 rings (SSSR count). The van der Waals surface area contributed by atoms with Gasteiger partial charge in [0.2, 0.25) is 11.8 Å². The number of likely N-dealkylation sites (tertiary alicyclic amines) is 1. The van der Waals surface area contributed by atoms with Crippen molar-refractivity contribution in [3.05, 3.63) is 71.0 Å². The van der Waals surface area contributed by atoms with E-state index in [0.717, 1.165) is 50.5 Å². The van der Waals surface area contributed by atoms with E-state index in [-0.39, 0.29) is 35.4 Å². The van der Waals surface area contributed by atoms with Gasteiger partial charge in [0.15, 0.2) is 5.96 Å². The van der Waals surface area contributed by atoms with E-state index in [0.29, 0.717) is 37.2 Å². The van der Waals surface area contributed by atoms with Gasteiger partial charge in [-0.1, -0.05) is 55.7 Å². The first-order chi connectivity index (χ1) is 19.7. The first kappa shape index (κ1) is 30.0. The number of benzene rings is 2. The zero-order chi connectivity index (χ0) is 29.4. The van der Waals surface area contributed by atoms with Gasteiger partial charge in [-0.2, -0.15) is 0 Å². The summed E-state index contributed by atoms with van der Waals surface area (Å²) in [7, 11) is 0. The molecule has 9 nitrogen and oxygen atoms in total. The number of nitrogens with zero attached hydrogens (tertiary/aromatic N) is 1. The van der Waals surface area contributed by atoms with Crippen LogP contribution in [-0.2, 0) is 16.0 Å². The summed E-state index contributed by atoms with van der Waals surface area (Å²) in [6.45, 7) is 1.90. The molecule has 1 saturated heterocycles. The quantitative estimate of drug-likeness (QED) is 0.193. The fourth-order valence-electron chi connectivity index (χ4n) is 5.99. The standard InChI is InChI=1S/C31H42FN7O2/c32-25-8-4-7-24(18-25)26(17-20-9-11-23(12-10-20)28(33)34)29(40)38-27(22-5-2-1-3-6-22)30(41)37-19-21-13-15-39(16-14-21)31(35)36/h4,7-12,18,21-22,26-27H,1-3,5-6,13-17,19H2,(H3,33,34)(H3,35,36)(H,37,41)(H,38,40)/t26?,27-/m0/s1. The molecule has 1 aliphatic heterocycles. The van der Waals surface area contributed by atoms with E-state index in [4.69, 9.17) is 22.3 Å². The molecular weight excluding hydrogens is 521 g/mol. The highest BCUT2D eigenvalue weighted by molar-refractivity contribution is 5.95. The van der Waals surface area contributed by atoms with Crippen LogP contribution in [0.5, 0.6) is 0 Å². The number of nitrogen functional groups attached to an aromatic ring is 1. The molecule has 2 amide bonds. The van der Waals surface area contributed by atoms with Crippen LogP contribution in [0.25, 0.3) is 0 Å². The summed E-state index contributed by atoms with van der Waals surface area (Å²) in [6.07, 6.45) is 6.87. The maximum absolute atomic E-state index is 14.2. The molecule has 1 saturated carbocycles. The van der Waals surface area contributed by atoms with Gasteiger partial charge in [-0.25, -0.2) is 4.39 Å². The van der Waals surface area contributed by atoms with Crippen LogP contribution in [0.4, 0.5) is 4.39 Å². The molecule has 1 aliphatic carbocycles. The van der Waals surface area contributed by atoms with Crippen LogP contribution >= 0.6 is 0 Å². The summed E-state index contributed by atoms with van der Waals surface area (Å²) >= 11 is 0. The average molecular weight is 564 g/mol. The average Bonchev–Trinajstić information content (AvgIpc) is 2.98. The molecule has 2 aromatic rings. The Hall–Kier alpha value is -3.95. The summed E-state index contributed by atoms with van der Waals surface area (Å²) in [5, 5.41) is 21.4. The number of nitrogens with two attached hydrogens (primary N) is 2. The number of amides is 2. The summed E-state index contributed by atoms with van der Waals surface area (Å²) in [5.41, 5.74) is 13.2. The van der Waals surface area contributed by atoms with E-state index in [1.807, 2.05) is 17.0 Å². The predicted octanol–water partition coefficient (Wildman–Crippen LogP) is 3.22. The van der Waals surface area contributed by atoms with E-state index in [2.05, 4.69) is 10.6 Å². The molecule has 2 aliphatic rings. The molecule has 220 valence electrons. The largest absolute Gasteiger partial charge is 0.384 e. The van der Waals surface area contributed by atoms with Crippen molar-refractivity contribution in [1.82, 2.24) is 15.5 Å². The Kier molecular flexibility index (Phi) is 10.3. The highest BCUT2D eigenvalue weighted by Crippen LogP contribution is 2.29. The Balaban J connectivity index is 1.49. The Bertz CT molecular complexity index is 1220. The van der Waals surface area contributed by atoms with Gasteiger partial charge in [-0.05, 0) is 67.2 Å². The molecule has 0 aromatic heterocycles. The minimum absolute atomic E-state index is 0.0373. The van der Waals surface area contributed by atoms with Crippen molar-refractivity contribution in [3.63, 3.8) is 0 Å². The van der Waals surface area contributed by atoms with Crippen molar-refractivity contribution < 1.29 is 14.0 Å². The van der Waals surface area contributed by atoms with Crippen LogP contribution in [0.15, 0.2) is 48.5 Å². The van der Waals surface area contributed by atoms with Crippen LogP contribution in [0.1, 0.15) is 67.6 Å². The topological polar surface area (TPSA) is 161 Å². The number of nitrogens with one attached hydrogen (secondary N) is 4. The van der Waals surface area contributed by atoms with Crippen molar-refractivity contribution in [2.45, 2.75) is 63.3 Å². The summed E-state index contributed by atoms with van der Waals surface area (Å²) in [4.78, 5) is 29.3. The highest BCUT2D eigenvalue weighted by atomic mass is 19.1. The molecule has 0 bridgehead atoms. The number of carbonyl (C=O) groups excluding carboxylic acids is 2. The molecular formula is C31H42FN7O2. The van der Waals surface area contributed by atoms with Gasteiger partial charge in [-0.3, -0.25) is 20.4 Å². The number of carbonyl (C=O) groups is 2. The van der Waals surface area contributed by atoms with Gasteiger partial charge < -0.3 is 27.0 Å². The Labute approximate surface area is 241 Å². The van der Waals surface area contributed by atoms with Gasteiger partial charge in [0.25, 0.3) is 0 Å². The SMILES string of the molecule is N=C(N)c1ccc(CC(C(=O)N[C@H](C(=O)NCC2CCN(C(=N)N)CC2)C2CCCCC2)c2cccc(F)c2)cc1. The fourth-order valence-corrected chi connectivity index (χ4v) is 5.99. The third-order valence-electron chi connectivity index (χ3n) is 8.49. The number of piperidine rings is 1. The second-order valence-corrected chi connectivity index (χ2v) is 11.4. The Morgan fingerprint density at radius 2 is 1.63 bits per heavy atom. The van der Waals surface area contributed by atoms with E-state index in [1.54, 1.807) is 24.3 Å². The first-order valence-corrected chi connectivity index (χ1v) is 14.6. The van der Waals surface area contributed by atoms with Crippen molar-refractivity contribution in [2.24, 2.45) is 23.3 Å². The zero-order valence-corrected chi connectivity index (χ0v) is 23.5. The molecule has 2 fully saturated rings. The fraction of sp³-hybridized carbons (Fsp3) is 0.484. The number of hydrogen-bond acceptors (Lipinski definition) is 4. The van der Waals surface area contributed by atoms with E-state index < -0.39 is 17.8 Å². The molecule has 2 atom stereocenters. The second kappa shape index (κ2) is 14.1. The van der Waals surface area contributed by atoms with Crippen molar-refractivity contribution >= 4 is 23.6 Å². The highest BCUT2D eigenvalue weighted by Gasteiger charge is 2.34. The van der Waals surface area contributed by atoms with Crippen LogP contribution < -0.4 is 22.1 Å². The monoisotopic (exact) mass is 563 g/mol. The lowest BCUT2D eigenvalue weighted by molar-refractivity contribution is -0.131. The van der Waals surface area contributed by atoms with Crippen LogP contribution in [0, 0.1) is 28.5 Å². The van der Waals surface area contributed by atoms with Crippen LogP contribution in [0.2, 0.25) is 0 Å². The number of hydrogen-bond donors (Lipinski definition) is 6. The van der Waals surface area contributed by atoms with E-state index in [1.165, 1.54) is 12.1 Å². The first-order valence-electron chi connectivity index (χ1n) is 14.6. The van der Waals surface area contributed by atoms with E-state index in [9.17, 15) is 14.0 Å². The lowest BCUT2D eigenvalue weighted by atomic mass is 9.82. The number of amidine groups is 1. The number of guanidine groups is 1. The molecule has 8 N–H and O–H groups in total. The number of halogens is 1. The van der Waals surface area contributed by atoms with Crippen molar-refractivity contribution in [3.8, 4) is 0 Å². The Morgan fingerprint density at radius 3 is 2.24 bits per heavy atom. The normalized spacial score (nSPS) is 17.8. The van der Waals surface area contributed by atoms with Gasteiger partial charge >= 0.3 is 0 Å². The van der Waals surface area contributed by atoms with E-state index >= 15 is 0 Å².